The maximum Gasteiger partial charge on any atom is 0.339 e. The highest BCUT2D eigenvalue weighted by molar-refractivity contribution is 6.31. The number of halogens is 1. The molecule has 1 aromatic carbocycles. The van der Waals surface area contributed by atoms with Crippen molar-refractivity contribution in [2.45, 2.75) is 6.92 Å². The normalized spacial score (nSPS) is 9.73. The van der Waals surface area contributed by atoms with Crippen LogP contribution >= 0.6 is 11.6 Å². The van der Waals surface area contributed by atoms with Crippen LogP contribution in [-0.2, 0) is 0 Å². The zero-order chi connectivity index (χ0) is 11.4. The maximum absolute atomic E-state index is 10.9. The average Bonchev–Trinajstić information content (AvgIpc) is 2.15. The molecule has 80 valence electrons. The van der Waals surface area contributed by atoms with Crippen molar-refractivity contribution in [3.63, 3.8) is 0 Å². The minimum Gasteiger partial charge on any atom is -0.488 e. The number of carbonyl (C=O) groups is 1. The lowest BCUT2D eigenvalue weighted by molar-refractivity contribution is 0.0692. The molecule has 0 fully saturated rings. The third kappa shape index (κ3) is 2.73. The molecule has 1 aromatic rings. The zero-order valence-electron chi connectivity index (χ0n) is 8.29. The number of ether oxygens (including phenoxy) is 1. The van der Waals surface area contributed by atoms with Crippen LogP contribution in [0.2, 0.25) is 5.02 Å². The number of hydrogen-bond acceptors (Lipinski definition) is 2. The fourth-order valence-electron chi connectivity index (χ4n) is 1.22. The first kappa shape index (κ1) is 11.6. The van der Waals surface area contributed by atoms with Gasteiger partial charge in [0.15, 0.2) is 0 Å². The second-order valence-electron chi connectivity index (χ2n) is 3.00. The predicted octanol–water partition coefficient (Wildman–Crippen LogP) is 2.91. The molecule has 0 saturated heterocycles. The third-order valence-electron chi connectivity index (χ3n) is 1.82. The number of carboxylic acids is 1. The van der Waals surface area contributed by atoms with Crippen LogP contribution in [0, 0.1) is 6.92 Å². The van der Waals surface area contributed by atoms with E-state index in [1.165, 1.54) is 6.07 Å². The molecule has 1 rings (SSSR count). The Bertz CT molecular complexity index is 399. The van der Waals surface area contributed by atoms with Crippen LogP contribution < -0.4 is 4.74 Å². The topological polar surface area (TPSA) is 46.5 Å². The number of benzene rings is 1. The fourth-order valence-corrected chi connectivity index (χ4v) is 1.50. The van der Waals surface area contributed by atoms with Gasteiger partial charge in [0.1, 0.15) is 17.9 Å². The van der Waals surface area contributed by atoms with Gasteiger partial charge >= 0.3 is 5.97 Å². The Morgan fingerprint density at radius 3 is 2.87 bits per heavy atom. The molecule has 0 spiro atoms. The SMILES string of the molecule is C=CCOc1c(C)cc(Cl)cc1C(=O)O. The van der Waals surface area contributed by atoms with Crippen molar-refractivity contribution >= 4 is 17.6 Å². The van der Waals surface area contributed by atoms with Gasteiger partial charge in [-0.1, -0.05) is 24.3 Å². The summed E-state index contributed by atoms with van der Waals surface area (Å²) in [6.45, 7) is 5.51. The van der Waals surface area contributed by atoms with E-state index in [2.05, 4.69) is 6.58 Å². The second kappa shape index (κ2) is 4.84. The van der Waals surface area contributed by atoms with Crippen molar-refractivity contribution in [1.29, 1.82) is 0 Å². The van der Waals surface area contributed by atoms with Crippen molar-refractivity contribution in [1.82, 2.24) is 0 Å². The third-order valence-corrected chi connectivity index (χ3v) is 2.03. The van der Waals surface area contributed by atoms with Gasteiger partial charge < -0.3 is 9.84 Å². The molecule has 15 heavy (non-hydrogen) atoms. The van der Waals surface area contributed by atoms with Crippen molar-refractivity contribution in [2.24, 2.45) is 0 Å². The lowest BCUT2D eigenvalue weighted by Gasteiger charge is -2.10. The summed E-state index contributed by atoms with van der Waals surface area (Å²) in [4.78, 5) is 10.9. The Labute approximate surface area is 92.9 Å². The van der Waals surface area contributed by atoms with E-state index in [4.69, 9.17) is 21.4 Å². The van der Waals surface area contributed by atoms with Crippen LogP contribution in [0.25, 0.3) is 0 Å². The number of rotatable bonds is 4. The summed E-state index contributed by atoms with van der Waals surface area (Å²) in [5.74, 6) is -0.716. The van der Waals surface area contributed by atoms with Crippen LogP contribution in [0.1, 0.15) is 15.9 Å². The van der Waals surface area contributed by atoms with Gasteiger partial charge in [-0.2, -0.15) is 0 Å². The summed E-state index contributed by atoms with van der Waals surface area (Å²) < 4.78 is 5.28. The molecule has 0 aliphatic heterocycles. The minimum atomic E-state index is -1.06. The van der Waals surface area contributed by atoms with E-state index >= 15 is 0 Å². The average molecular weight is 227 g/mol. The van der Waals surface area contributed by atoms with Gasteiger partial charge in [0.05, 0.1) is 0 Å². The first-order chi connectivity index (χ1) is 7.06. The van der Waals surface area contributed by atoms with Crippen molar-refractivity contribution in [3.05, 3.63) is 40.9 Å². The van der Waals surface area contributed by atoms with E-state index in [1.54, 1.807) is 19.1 Å². The summed E-state index contributed by atoms with van der Waals surface area (Å²) in [6.07, 6.45) is 1.56. The lowest BCUT2D eigenvalue weighted by atomic mass is 10.1. The Hall–Kier alpha value is -1.48. The highest BCUT2D eigenvalue weighted by Crippen LogP contribution is 2.27. The van der Waals surface area contributed by atoms with Crippen LogP contribution in [0.5, 0.6) is 5.75 Å². The molecule has 1 N–H and O–H groups in total. The van der Waals surface area contributed by atoms with Crippen LogP contribution in [0.15, 0.2) is 24.8 Å². The van der Waals surface area contributed by atoms with Crippen molar-refractivity contribution in [3.8, 4) is 5.75 Å². The molecule has 0 saturated carbocycles. The van der Waals surface area contributed by atoms with E-state index < -0.39 is 5.97 Å². The molecular formula is C11H11ClO3. The molecule has 0 atom stereocenters. The number of aryl methyl sites for hydroxylation is 1. The van der Waals surface area contributed by atoms with E-state index in [-0.39, 0.29) is 12.2 Å². The van der Waals surface area contributed by atoms with Gasteiger partial charge in [0.2, 0.25) is 0 Å². The van der Waals surface area contributed by atoms with Gasteiger partial charge in [0, 0.05) is 5.02 Å². The van der Waals surface area contributed by atoms with Crippen molar-refractivity contribution in [2.75, 3.05) is 6.61 Å². The van der Waals surface area contributed by atoms with Gasteiger partial charge in [-0.3, -0.25) is 0 Å². The summed E-state index contributed by atoms with van der Waals surface area (Å²) >= 11 is 5.76. The molecule has 3 nitrogen and oxygen atoms in total. The Morgan fingerprint density at radius 1 is 1.67 bits per heavy atom. The Balaban J connectivity index is 3.20. The molecule has 0 radical (unpaired) electrons. The van der Waals surface area contributed by atoms with E-state index in [9.17, 15) is 4.79 Å². The van der Waals surface area contributed by atoms with Crippen LogP contribution in [-0.4, -0.2) is 17.7 Å². The molecule has 0 unspecified atom stereocenters. The smallest absolute Gasteiger partial charge is 0.339 e. The number of aromatic carboxylic acids is 1. The Morgan fingerprint density at radius 2 is 2.33 bits per heavy atom. The van der Waals surface area contributed by atoms with Gasteiger partial charge in [-0.25, -0.2) is 4.79 Å². The molecule has 0 heterocycles. The number of hydrogen-bond donors (Lipinski definition) is 1. The second-order valence-corrected chi connectivity index (χ2v) is 3.44. The van der Waals surface area contributed by atoms with Gasteiger partial charge in [0.25, 0.3) is 0 Å². The fraction of sp³-hybridized carbons (Fsp3) is 0.182. The highest BCUT2D eigenvalue weighted by atomic mass is 35.5. The summed E-state index contributed by atoms with van der Waals surface area (Å²) in [6, 6.07) is 3.03. The monoisotopic (exact) mass is 226 g/mol. The van der Waals surface area contributed by atoms with Crippen LogP contribution in [0.3, 0.4) is 0 Å². The minimum absolute atomic E-state index is 0.0712. The molecule has 0 aromatic heterocycles. The van der Waals surface area contributed by atoms with E-state index in [0.717, 1.165) is 0 Å². The first-order valence-electron chi connectivity index (χ1n) is 4.33. The van der Waals surface area contributed by atoms with Crippen molar-refractivity contribution < 1.29 is 14.6 Å². The molecule has 0 amide bonds. The molecular weight excluding hydrogens is 216 g/mol. The standard InChI is InChI=1S/C11H11ClO3/c1-3-4-15-10-7(2)5-8(12)6-9(10)11(13)14/h3,5-6H,1,4H2,2H3,(H,13,14). The largest absolute Gasteiger partial charge is 0.488 e. The molecule has 0 bridgehead atoms. The first-order valence-corrected chi connectivity index (χ1v) is 4.71. The summed E-state index contributed by atoms with van der Waals surface area (Å²) in [7, 11) is 0. The maximum atomic E-state index is 10.9. The van der Waals surface area contributed by atoms with Gasteiger partial charge in [-0.05, 0) is 24.6 Å². The zero-order valence-corrected chi connectivity index (χ0v) is 9.04. The van der Waals surface area contributed by atoms with E-state index in [0.29, 0.717) is 16.3 Å². The highest BCUT2D eigenvalue weighted by Gasteiger charge is 2.14. The molecule has 0 aliphatic carbocycles. The predicted molar refractivity (Wildman–Crippen MR) is 58.8 cm³/mol. The quantitative estimate of drug-likeness (QED) is 0.803. The molecule has 4 heteroatoms. The molecule has 0 aliphatic rings. The van der Waals surface area contributed by atoms with Crippen LogP contribution in [0.4, 0.5) is 0 Å². The summed E-state index contributed by atoms with van der Waals surface area (Å²) in [5, 5.41) is 9.33. The van der Waals surface area contributed by atoms with E-state index in [1.807, 2.05) is 0 Å². The van der Waals surface area contributed by atoms with Gasteiger partial charge in [-0.15, -0.1) is 0 Å². The number of carboxylic acid groups (broad SMARTS) is 1. The lowest BCUT2D eigenvalue weighted by Crippen LogP contribution is -2.04. The summed E-state index contributed by atoms with van der Waals surface area (Å²) in [5.41, 5.74) is 0.767. The Kier molecular flexibility index (Phi) is 3.74.